The summed E-state index contributed by atoms with van der Waals surface area (Å²) in [7, 11) is 1.52. The van der Waals surface area contributed by atoms with Gasteiger partial charge in [-0.05, 0) is 24.3 Å². The van der Waals surface area contributed by atoms with Crippen LogP contribution in [0.1, 0.15) is 15.9 Å². The Morgan fingerprint density at radius 2 is 1.96 bits per heavy atom. The number of ether oxygens (including phenoxy) is 1. The second-order valence-corrected chi connectivity index (χ2v) is 5.02. The first-order chi connectivity index (χ1) is 12.5. The molecule has 0 atom stereocenters. The van der Waals surface area contributed by atoms with Gasteiger partial charge in [0.2, 0.25) is 0 Å². The molecule has 0 saturated heterocycles. The average Bonchev–Trinajstić information content (AvgIpc) is 2.65. The molecule has 9 nitrogen and oxygen atoms in total. The molecule has 0 aromatic heterocycles. The summed E-state index contributed by atoms with van der Waals surface area (Å²) in [5.41, 5.74) is 0.475. The number of nitro groups is 1. The van der Waals surface area contributed by atoms with Crippen LogP contribution < -0.4 is 10.6 Å². The molecule has 0 radical (unpaired) electrons. The van der Waals surface area contributed by atoms with Crippen molar-refractivity contribution >= 4 is 28.9 Å². The first-order valence-electron chi connectivity index (χ1n) is 7.38. The normalized spacial score (nSPS) is 9.69. The van der Waals surface area contributed by atoms with Gasteiger partial charge in [0.15, 0.2) is 6.61 Å². The van der Waals surface area contributed by atoms with E-state index in [4.69, 9.17) is 10.00 Å². The third kappa shape index (κ3) is 4.33. The Labute approximate surface area is 148 Å². The number of anilines is 2. The van der Waals surface area contributed by atoms with Gasteiger partial charge in [-0.3, -0.25) is 14.9 Å². The summed E-state index contributed by atoms with van der Waals surface area (Å²) >= 11 is 0. The van der Waals surface area contributed by atoms with Crippen molar-refractivity contribution in [3.8, 4) is 6.07 Å². The van der Waals surface area contributed by atoms with Crippen molar-refractivity contribution in [2.45, 2.75) is 0 Å². The topological polar surface area (TPSA) is 134 Å². The van der Waals surface area contributed by atoms with Gasteiger partial charge in [0.25, 0.3) is 11.6 Å². The first kappa shape index (κ1) is 18.4. The number of benzene rings is 2. The molecule has 2 aromatic rings. The Balaban J connectivity index is 2.02. The molecule has 0 unspecified atom stereocenters. The molecule has 9 heteroatoms. The van der Waals surface area contributed by atoms with E-state index >= 15 is 0 Å². The van der Waals surface area contributed by atoms with Gasteiger partial charge in [0, 0.05) is 13.1 Å². The van der Waals surface area contributed by atoms with Gasteiger partial charge in [-0.25, -0.2) is 4.79 Å². The maximum absolute atomic E-state index is 12.0. The minimum Gasteiger partial charge on any atom is -0.452 e. The van der Waals surface area contributed by atoms with E-state index in [-0.39, 0.29) is 22.5 Å². The molecule has 2 N–H and O–H groups in total. The lowest BCUT2D eigenvalue weighted by molar-refractivity contribution is -0.384. The number of rotatable bonds is 6. The minimum atomic E-state index is -0.875. The van der Waals surface area contributed by atoms with E-state index in [1.807, 2.05) is 6.07 Å². The van der Waals surface area contributed by atoms with E-state index in [0.29, 0.717) is 5.69 Å². The highest BCUT2D eigenvalue weighted by molar-refractivity contribution is 5.96. The van der Waals surface area contributed by atoms with Crippen molar-refractivity contribution in [3.05, 3.63) is 63.7 Å². The van der Waals surface area contributed by atoms with Gasteiger partial charge in [-0.2, -0.15) is 5.26 Å². The predicted molar refractivity (Wildman–Crippen MR) is 92.7 cm³/mol. The van der Waals surface area contributed by atoms with Crippen LogP contribution in [0.5, 0.6) is 0 Å². The minimum absolute atomic E-state index is 0.0547. The second-order valence-electron chi connectivity index (χ2n) is 5.02. The maximum atomic E-state index is 12.0. The van der Waals surface area contributed by atoms with E-state index < -0.39 is 23.4 Å². The Kier molecular flexibility index (Phi) is 5.84. The van der Waals surface area contributed by atoms with Crippen LogP contribution in [0.3, 0.4) is 0 Å². The van der Waals surface area contributed by atoms with Crippen LogP contribution in [0.2, 0.25) is 0 Å². The number of nitriles is 1. The van der Waals surface area contributed by atoms with Crippen molar-refractivity contribution in [1.82, 2.24) is 0 Å². The third-order valence-corrected chi connectivity index (χ3v) is 3.36. The SMILES string of the molecule is CNc1ccc(C(=O)OCC(=O)Nc2ccccc2C#N)cc1[N+](=O)[O-]. The van der Waals surface area contributed by atoms with Crippen LogP contribution in [0.4, 0.5) is 17.1 Å². The molecular weight excluding hydrogens is 340 g/mol. The quantitative estimate of drug-likeness (QED) is 0.461. The van der Waals surface area contributed by atoms with Crippen LogP contribution in [0.15, 0.2) is 42.5 Å². The number of amides is 1. The summed E-state index contributed by atoms with van der Waals surface area (Å²) < 4.78 is 4.87. The summed E-state index contributed by atoms with van der Waals surface area (Å²) in [5, 5.41) is 25.1. The van der Waals surface area contributed by atoms with E-state index in [9.17, 15) is 19.7 Å². The van der Waals surface area contributed by atoms with Gasteiger partial charge in [0.05, 0.1) is 21.7 Å². The molecule has 132 valence electrons. The lowest BCUT2D eigenvalue weighted by Gasteiger charge is -2.08. The van der Waals surface area contributed by atoms with E-state index in [1.54, 1.807) is 12.1 Å². The molecule has 0 aliphatic carbocycles. The number of hydrogen-bond acceptors (Lipinski definition) is 7. The molecule has 0 aliphatic heterocycles. The molecule has 0 saturated carbocycles. The third-order valence-electron chi connectivity index (χ3n) is 3.36. The summed E-state index contributed by atoms with van der Waals surface area (Å²) in [5.74, 6) is -1.51. The zero-order chi connectivity index (χ0) is 19.1. The Bertz CT molecular complexity index is 904. The van der Waals surface area contributed by atoms with Crippen molar-refractivity contribution in [2.24, 2.45) is 0 Å². The Morgan fingerprint density at radius 3 is 2.62 bits per heavy atom. The van der Waals surface area contributed by atoms with E-state index in [2.05, 4.69) is 10.6 Å². The molecule has 0 spiro atoms. The van der Waals surface area contributed by atoms with Crippen molar-refractivity contribution in [2.75, 3.05) is 24.3 Å². The number of nitrogens with one attached hydrogen (secondary N) is 2. The Morgan fingerprint density at radius 1 is 1.23 bits per heavy atom. The fourth-order valence-corrected chi connectivity index (χ4v) is 2.11. The highest BCUT2D eigenvalue weighted by Gasteiger charge is 2.18. The number of carbonyl (C=O) groups is 2. The molecule has 0 fully saturated rings. The molecule has 2 rings (SSSR count). The smallest absolute Gasteiger partial charge is 0.338 e. The Hall–Kier alpha value is -3.93. The van der Waals surface area contributed by atoms with E-state index in [1.165, 1.54) is 31.3 Å². The van der Waals surface area contributed by atoms with Gasteiger partial charge >= 0.3 is 5.97 Å². The number of carbonyl (C=O) groups excluding carboxylic acids is 2. The first-order valence-corrected chi connectivity index (χ1v) is 7.38. The summed E-state index contributed by atoms with van der Waals surface area (Å²) in [6, 6.07) is 12.1. The number of esters is 1. The molecule has 2 aromatic carbocycles. The standard InChI is InChI=1S/C17H14N4O5/c1-19-14-7-6-11(8-15(14)21(24)25)17(23)26-10-16(22)20-13-5-3-2-4-12(13)9-18/h2-8,19H,10H2,1H3,(H,20,22). The zero-order valence-electron chi connectivity index (χ0n) is 13.7. The van der Waals surface area contributed by atoms with Crippen molar-refractivity contribution in [1.29, 1.82) is 5.26 Å². The van der Waals surface area contributed by atoms with Gasteiger partial charge in [-0.1, -0.05) is 12.1 Å². The lowest BCUT2D eigenvalue weighted by atomic mass is 10.1. The zero-order valence-corrected chi connectivity index (χ0v) is 13.7. The monoisotopic (exact) mass is 354 g/mol. The molecular formula is C17H14N4O5. The number of hydrogen-bond donors (Lipinski definition) is 2. The van der Waals surface area contributed by atoms with Crippen molar-refractivity contribution in [3.63, 3.8) is 0 Å². The largest absolute Gasteiger partial charge is 0.452 e. The summed E-state index contributed by atoms with van der Waals surface area (Å²) in [4.78, 5) is 34.3. The lowest BCUT2D eigenvalue weighted by Crippen LogP contribution is -2.21. The van der Waals surface area contributed by atoms with Crippen LogP contribution in [-0.4, -0.2) is 30.5 Å². The number of nitro benzene ring substituents is 1. The predicted octanol–water partition coefficient (Wildman–Crippen LogP) is 2.30. The molecule has 0 heterocycles. The van der Waals surface area contributed by atoms with Crippen molar-refractivity contribution < 1.29 is 19.2 Å². The highest BCUT2D eigenvalue weighted by atomic mass is 16.6. The van der Waals surface area contributed by atoms with Crippen LogP contribution in [0.25, 0.3) is 0 Å². The molecule has 0 aliphatic rings. The van der Waals surface area contributed by atoms with E-state index in [0.717, 1.165) is 6.07 Å². The molecule has 1 amide bonds. The van der Waals surface area contributed by atoms with Gasteiger partial charge in [0.1, 0.15) is 11.8 Å². The summed E-state index contributed by atoms with van der Waals surface area (Å²) in [6.45, 7) is -0.597. The van der Waals surface area contributed by atoms with Gasteiger partial charge in [-0.15, -0.1) is 0 Å². The molecule has 26 heavy (non-hydrogen) atoms. The second kappa shape index (κ2) is 8.25. The van der Waals surface area contributed by atoms with Gasteiger partial charge < -0.3 is 15.4 Å². The number of nitrogens with zero attached hydrogens (tertiary/aromatic N) is 2. The summed E-state index contributed by atoms with van der Waals surface area (Å²) in [6.07, 6.45) is 0. The fraction of sp³-hybridized carbons (Fsp3) is 0.118. The maximum Gasteiger partial charge on any atom is 0.338 e. The van der Waals surface area contributed by atoms with Crippen LogP contribution in [-0.2, 0) is 9.53 Å². The van der Waals surface area contributed by atoms with Crippen LogP contribution >= 0.6 is 0 Å². The highest BCUT2D eigenvalue weighted by Crippen LogP contribution is 2.25. The average molecular weight is 354 g/mol. The fourth-order valence-electron chi connectivity index (χ4n) is 2.11. The number of para-hydroxylation sites is 1. The van der Waals surface area contributed by atoms with Crippen LogP contribution in [0, 0.1) is 21.4 Å². The molecule has 0 bridgehead atoms.